The first-order valence-electron chi connectivity index (χ1n) is 6.91. The molecule has 0 spiro atoms. The van der Waals surface area contributed by atoms with E-state index in [-0.39, 0.29) is 9.65 Å². The molecule has 0 aromatic heterocycles. The summed E-state index contributed by atoms with van der Waals surface area (Å²) < 4.78 is 16.9. The fourth-order valence-electron chi connectivity index (χ4n) is 3.43. The lowest BCUT2D eigenvalue weighted by Gasteiger charge is -2.35. The van der Waals surface area contributed by atoms with E-state index in [2.05, 4.69) is 31.9 Å². The molecular formula is C15H12Br2O5. The number of ether oxygens (including phenoxy) is 3. The molecule has 7 heteroatoms. The van der Waals surface area contributed by atoms with E-state index in [9.17, 15) is 9.59 Å². The third kappa shape index (κ3) is 1.79. The van der Waals surface area contributed by atoms with E-state index >= 15 is 0 Å². The molecule has 3 fully saturated rings. The van der Waals surface area contributed by atoms with Crippen molar-refractivity contribution in [2.75, 3.05) is 0 Å². The van der Waals surface area contributed by atoms with Crippen LogP contribution in [-0.2, 0) is 19.1 Å². The van der Waals surface area contributed by atoms with Crippen LogP contribution in [0.5, 0.6) is 5.75 Å². The van der Waals surface area contributed by atoms with Crippen LogP contribution in [0.25, 0.3) is 0 Å². The van der Waals surface area contributed by atoms with E-state index in [1.165, 1.54) is 0 Å². The number of halogens is 2. The Morgan fingerprint density at radius 2 is 1.82 bits per heavy atom. The van der Waals surface area contributed by atoms with Crippen molar-refractivity contribution < 1.29 is 23.8 Å². The summed E-state index contributed by atoms with van der Waals surface area (Å²) in [6.45, 7) is 1.98. The molecule has 0 saturated carbocycles. The van der Waals surface area contributed by atoms with E-state index in [1.807, 2.05) is 31.2 Å². The van der Waals surface area contributed by atoms with Gasteiger partial charge in [0.15, 0.2) is 0 Å². The number of carbonyl (C=O) groups is 2. The molecule has 1 aromatic rings. The van der Waals surface area contributed by atoms with Gasteiger partial charge < -0.3 is 14.2 Å². The van der Waals surface area contributed by atoms with Crippen molar-refractivity contribution in [1.29, 1.82) is 0 Å². The minimum Gasteiger partial charge on any atom is -0.460 e. The monoisotopic (exact) mass is 430 g/mol. The summed E-state index contributed by atoms with van der Waals surface area (Å²) in [4.78, 5) is 23.6. The molecule has 0 radical (unpaired) electrons. The Morgan fingerprint density at radius 3 is 2.50 bits per heavy atom. The van der Waals surface area contributed by atoms with E-state index in [0.717, 1.165) is 5.56 Å². The summed E-state index contributed by atoms with van der Waals surface area (Å²) in [5.41, 5.74) is 1.10. The van der Waals surface area contributed by atoms with Crippen LogP contribution < -0.4 is 4.74 Å². The molecule has 6 atom stereocenters. The topological polar surface area (TPSA) is 61.8 Å². The fourth-order valence-corrected chi connectivity index (χ4v) is 5.03. The Labute approximate surface area is 143 Å². The number of carbonyl (C=O) groups excluding carboxylic acids is 2. The van der Waals surface area contributed by atoms with E-state index < -0.39 is 35.7 Å². The van der Waals surface area contributed by atoms with Gasteiger partial charge in [-0.3, -0.25) is 9.59 Å². The highest BCUT2D eigenvalue weighted by Crippen LogP contribution is 2.59. The van der Waals surface area contributed by atoms with E-state index in [4.69, 9.17) is 14.2 Å². The molecule has 2 bridgehead atoms. The predicted molar refractivity (Wildman–Crippen MR) is 82.9 cm³/mol. The van der Waals surface area contributed by atoms with Gasteiger partial charge in [0.1, 0.15) is 17.6 Å². The van der Waals surface area contributed by atoms with E-state index in [0.29, 0.717) is 5.75 Å². The number of cyclic esters (lactones) is 2. The van der Waals surface area contributed by atoms with Gasteiger partial charge in [-0.05, 0) is 19.1 Å². The normalized spacial score (nSPS) is 42.4. The van der Waals surface area contributed by atoms with Crippen LogP contribution >= 0.6 is 31.9 Å². The zero-order valence-electron chi connectivity index (χ0n) is 11.5. The first-order valence-corrected chi connectivity index (χ1v) is 8.74. The minimum atomic E-state index is -1.23. The number of hydrogen-bond donors (Lipinski definition) is 0. The van der Waals surface area contributed by atoms with Crippen molar-refractivity contribution in [3.63, 3.8) is 0 Å². The number of alkyl halides is 2. The van der Waals surface area contributed by atoms with Gasteiger partial charge in [-0.25, -0.2) is 0 Å². The predicted octanol–water partition coefficient (Wildman–Crippen LogP) is 2.33. The Balaban J connectivity index is 1.75. The largest absolute Gasteiger partial charge is 0.460 e. The van der Waals surface area contributed by atoms with Gasteiger partial charge in [0, 0.05) is 0 Å². The van der Waals surface area contributed by atoms with Gasteiger partial charge in [0.05, 0.1) is 15.8 Å². The van der Waals surface area contributed by atoms with Crippen LogP contribution in [0, 0.1) is 18.8 Å². The fraction of sp³-hybridized carbons (Fsp3) is 0.467. The second-order valence-electron chi connectivity index (χ2n) is 5.81. The lowest BCUT2D eigenvalue weighted by molar-refractivity contribution is -0.179. The first kappa shape index (κ1) is 14.7. The van der Waals surface area contributed by atoms with Crippen molar-refractivity contribution in [2.24, 2.45) is 11.8 Å². The maximum Gasteiger partial charge on any atom is 0.324 e. The summed E-state index contributed by atoms with van der Waals surface area (Å²) in [6.07, 6.45) is -0.446. The average molecular weight is 432 g/mol. The Kier molecular flexibility index (Phi) is 3.19. The molecule has 3 aliphatic rings. The first-order chi connectivity index (χ1) is 10.4. The van der Waals surface area contributed by atoms with Gasteiger partial charge in [-0.1, -0.05) is 49.6 Å². The maximum absolute atomic E-state index is 12.1. The van der Waals surface area contributed by atoms with Crippen LogP contribution in [0.1, 0.15) is 5.56 Å². The Morgan fingerprint density at radius 1 is 1.14 bits per heavy atom. The van der Waals surface area contributed by atoms with Gasteiger partial charge in [-0.15, -0.1) is 0 Å². The number of rotatable bonds is 2. The molecule has 0 unspecified atom stereocenters. The molecule has 5 nitrogen and oxygen atoms in total. The minimum absolute atomic E-state index is 0.141. The molecule has 1 aromatic carbocycles. The molecule has 0 N–H and O–H groups in total. The highest BCUT2D eigenvalue weighted by atomic mass is 79.9. The Hall–Kier alpha value is -0.920. The van der Waals surface area contributed by atoms with Crippen molar-refractivity contribution >= 4 is 43.8 Å². The Bertz CT molecular complexity index is 660. The van der Waals surface area contributed by atoms with Crippen LogP contribution in [-0.4, -0.2) is 33.5 Å². The molecule has 22 heavy (non-hydrogen) atoms. The van der Waals surface area contributed by atoms with Crippen molar-refractivity contribution in [1.82, 2.24) is 0 Å². The van der Waals surface area contributed by atoms with Gasteiger partial charge in [0.2, 0.25) is 5.79 Å². The van der Waals surface area contributed by atoms with Crippen molar-refractivity contribution in [2.45, 2.75) is 28.5 Å². The summed E-state index contributed by atoms with van der Waals surface area (Å²) in [5, 5.41) is 0. The second kappa shape index (κ2) is 4.79. The zero-order chi connectivity index (χ0) is 15.6. The summed E-state index contributed by atoms with van der Waals surface area (Å²) >= 11 is 7.09. The molecule has 3 saturated heterocycles. The van der Waals surface area contributed by atoms with Crippen LogP contribution in [0.4, 0.5) is 0 Å². The van der Waals surface area contributed by atoms with E-state index in [1.54, 1.807) is 0 Å². The zero-order valence-corrected chi connectivity index (χ0v) is 14.7. The lowest BCUT2D eigenvalue weighted by atomic mass is 9.78. The third-order valence-corrected chi connectivity index (χ3v) is 7.44. The molecule has 4 rings (SSSR count). The molecule has 3 heterocycles. The molecule has 0 amide bonds. The standard InChI is InChI=1S/C15H12Br2O5/c1-6-2-4-7(5-3-6)21-15-9-8(13(18)20-14(9)19)11(22-15)10(16)12(15)17/h2-5,8-12H,1H3/t8-,9-,10+,11-,12+,15+/m0/s1. The number of esters is 2. The summed E-state index contributed by atoms with van der Waals surface area (Å²) in [7, 11) is 0. The smallest absolute Gasteiger partial charge is 0.324 e. The molecular weight excluding hydrogens is 420 g/mol. The van der Waals surface area contributed by atoms with Gasteiger partial charge in [-0.2, -0.15) is 0 Å². The average Bonchev–Trinajstić information content (AvgIpc) is 3.05. The summed E-state index contributed by atoms with van der Waals surface area (Å²) in [5.74, 6) is -3.11. The number of hydrogen-bond acceptors (Lipinski definition) is 5. The number of fused-ring (bicyclic) bond motifs is 5. The molecule has 3 aliphatic heterocycles. The molecule has 0 aliphatic carbocycles. The quantitative estimate of drug-likeness (QED) is 0.408. The highest BCUT2D eigenvalue weighted by Gasteiger charge is 2.77. The van der Waals surface area contributed by atoms with Gasteiger partial charge >= 0.3 is 11.9 Å². The highest BCUT2D eigenvalue weighted by molar-refractivity contribution is 9.12. The second-order valence-corrected chi connectivity index (χ2v) is 7.85. The number of aryl methyl sites for hydroxylation is 1. The van der Waals surface area contributed by atoms with Crippen LogP contribution in [0.3, 0.4) is 0 Å². The van der Waals surface area contributed by atoms with Crippen molar-refractivity contribution in [3.8, 4) is 5.75 Å². The summed E-state index contributed by atoms with van der Waals surface area (Å²) in [6, 6.07) is 7.47. The van der Waals surface area contributed by atoms with Crippen LogP contribution in [0.2, 0.25) is 0 Å². The lowest BCUT2D eigenvalue weighted by Crippen LogP contribution is -2.54. The van der Waals surface area contributed by atoms with Crippen LogP contribution in [0.15, 0.2) is 24.3 Å². The maximum atomic E-state index is 12.1. The SMILES string of the molecule is Cc1ccc(O[C@]23O[C@H]([C@@H](Br)[C@H]2Br)[C@H]2C(=O)OC(=O)[C@H]23)cc1. The third-order valence-electron chi connectivity index (χ3n) is 4.47. The molecule has 116 valence electrons. The number of benzene rings is 1. The van der Waals surface area contributed by atoms with Crippen molar-refractivity contribution in [3.05, 3.63) is 29.8 Å². The van der Waals surface area contributed by atoms with Gasteiger partial charge in [0.25, 0.3) is 0 Å².